The van der Waals surface area contributed by atoms with Crippen LogP contribution in [-0.2, 0) is 31.7 Å². The molecule has 0 aromatic heterocycles. The molecule has 3 aliphatic heterocycles. The maximum Gasteiger partial charge on any atom is 0.271 e. The van der Waals surface area contributed by atoms with E-state index in [1.54, 1.807) is 20.2 Å². The Morgan fingerprint density at radius 1 is 1.02 bits per heavy atom. The topological polar surface area (TPSA) is 123 Å². The first-order valence-corrected chi connectivity index (χ1v) is 17.2. The molecule has 3 heterocycles. The van der Waals surface area contributed by atoms with Gasteiger partial charge in [-0.15, -0.1) is 0 Å². The number of nitriles is 1. The molecule has 3 aromatic carbocycles. The maximum absolute atomic E-state index is 15.6. The fraction of sp³-hybridized carbons (Fsp3) is 0.400. The highest BCUT2D eigenvalue weighted by Crippen LogP contribution is 2.55. The minimum atomic E-state index is -4.58. The van der Waals surface area contributed by atoms with Crippen molar-refractivity contribution in [1.82, 2.24) is 14.7 Å². The van der Waals surface area contributed by atoms with Gasteiger partial charge in [0.05, 0.1) is 42.5 Å². The fourth-order valence-electron chi connectivity index (χ4n) is 7.25. The minimum absolute atomic E-state index is 0.00336. The van der Waals surface area contributed by atoms with Crippen LogP contribution in [0.5, 0.6) is 11.5 Å². The number of hydrogen-bond acceptors (Lipinski definition) is 9. The number of fused-ring (bicyclic) bond motifs is 1. The van der Waals surface area contributed by atoms with Crippen molar-refractivity contribution in [2.24, 2.45) is 0 Å². The van der Waals surface area contributed by atoms with Gasteiger partial charge in [0.1, 0.15) is 17.7 Å². The quantitative estimate of drug-likeness (QED) is 0.335. The Bertz CT molecular complexity index is 1890. The van der Waals surface area contributed by atoms with E-state index in [4.69, 9.17) is 9.47 Å². The molecule has 11 nitrogen and oxygen atoms in total. The minimum Gasteiger partial charge on any atom is -0.497 e. The van der Waals surface area contributed by atoms with Gasteiger partial charge in [-0.25, -0.2) is 17.1 Å². The lowest BCUT2D eigenvalue weighted by Gasteiger charge is -2.42. The van der Waals surface area contributed by atoms with Gasteiger partial charge in [-0.3, -0.25) is 19.4 Å². The Kier molecular flexibility index (Phi) is 8.93. The number of carbonyl (C=O) groups is 2. The largest absolute Gasteiger partial charge is 0.497 e. The van der Waals surface area contributed by atoms with E-state index in [9.17, 15) is 18.5 Å². The first-order valence-electron chi connectivity index (χ1n) is 15.8. The molecule has 2 amide bonds. The van der Waals surface area contributed by atoms with Gasteiger partial charge in [0.15, 0.2) is 5.54 Å². The first-order chi connectivity index (χ1) is 23.0. The number of likely N-dealkylation sites (N-methyl/N-ethyl adjacent to an activating group) is 1. The molecule has 0 radical (unpaired) electrons. The Balaban J connectivity index is 1.64. The van der Waals surface area contributed by atoms with Crippen LogP contribution in [0.4, 0.5) is 10.1 Å². The number of carbonyl (C=O) groups excluding carboxylic acids is 2. The lowest BCUT2D eigenvalue weighted by Crippen LogP contribution is -2.59. The van der Waals surface area contributed by atoms with E-state index in [0.29, 0.717) is 16.6 Å². The third kappa shape index (κ3) is 5.38. The van der Waals surface area contributed by atoms with Crippen molar-refractivity contribution in [2.45, 2.75) is 48.5 Å². The van der Waals surface area contributed by atoms with Gasteiger partial charge < -0.3 is 14.4 Å². The molecule has 2 fully saturated rings. The summed E-state index contributed by atoms with van der Waals surface area (Å²) in [4.78, 5) is 34.0. The van der Waals surface area contributed by atoms with E-state index in [-0.39, 0.29) is 46.0 Å². The second-order valence-corrected chi connectivity index (χ2v) is 14.3. The average molecular weight is 676 g/mol. The number of halogens is 1. The second-order valence-electron chi connectivity index (χ2n) is 12.6. The van der Waals surface area contributed by atoms with E-state index in [2.05, 4.69) is 11.0 Å². The number of likely N-dealkylation sites (tertiary alicyclic amines) is 2. The highest BCUT2D eigenvalue weighted by Gasteiger charge is 2.64. The number of methoxy groups -OCH3 is 2. The summed E-state index contributed by atoms with van der Waals surface area (Å²) in [5, 5.41) is 9.98. The van der Waals surface area contributed by atoms with Gasteiger partial charge in [0.2, 0.25) is 5.91 Å². The van der Waals surface area contributed by atoms with Crippen molar-refractivity contribution in [3.63, 3.8) is 0 Å². The molecular formula is C35H38FN5O6S. The summed E-state index contributed by atoms with van der Waals surface area (Å²) < 4.78 is 56.4. The molecule has 0 bridgehead atoms. The zero-order chi connectivity index (χ0) is 34.4. The van der Waals surface area contributed by atoms with Crippen LogP contribution in [0.2, 0.25) is 0 Å². The molecular weight excluding hydrogens is 637 g/mol. The van der Waals surface area contributed by atoms with Crippen molar-refractivity contribution < 1.29 is 31.9 Å². The Morgan fingerprint density at radius 3 is 2.35 bits per heavy atom. The highest BCUT2D eigenvalue weighted by atomic mass is 32.2. The first kappa shape index (κ1) is 33.4. The molecule has 0 spiro atoms. The molecule has 13 heteroatoms. The number of alkyl halides is 1. The number of nitrogens with zero attached hydrogens (tertiary/aromatic N) is 5. The van der Waals surface area contributed by atoms with Gasteiger partial charge in [-0.05, 0) is 80.0 Å². The van der Waals surface area contributed by atoms with Crippen LogP contribution in [0.1, 0.15) is 41.5 Å². The number of rotatable bonds is 9. The standard InChI is InChI=1S/C35H38FN5O6S/c1-38(2)33(42)31-19-25(36)22-40(31)35(28-13-7-24(18-32(28)47-4)21-39-15-5-6-16-39)29-17-23(20-37)8-14-30(29)41(34(35)43)48(44,45)27-11-9-26(46-3)10-12-27/h7-14,17-18,25,31H,5-6,15-16,19,21-22H2,1-4H3/t25-,31+,35?/m1/s1. The van der Waals surface area contributed by atoms with Crippen LogP contribution in [0.15, 0.2) is 65.6 Å². The molecule has 252 valence electrons. The van der Waals surface area contributed by atoms with Gasteiger partial charge in [0.25, 0.3) is 15.9 Å². The molecule has 3 aliphatic rings. The zero-order valence-corrected chi connectivity index (χ0v) is 28.2. The Morgan fingerprint density at radius 2 is 1.73 bits per heavy atom. The van der Waals surface area contributed by atoms with Crippen molar-refractivity contribution >= 4 is 27.5 Å². The van der Waals surface area contributed by atoms with Crippen molar-refractivity contribution in [3.8, 4) is 17.6 Å². The SMILES string of the molecule is COc1ccc(S(=O)(=O)N2C(=O)C(c3ccc(CN4CCCC4)cc3OC)(N3C[C@H](F)C[C@H]3C(=O)N(C)C)c3cc(C#N)ccc32)cc1. The molecule has 6 rings (SSSR count). The van der Waals surface area contributed by atoms with E-state index in [1.165, 1.54) is 66.5 Å². The van der Waals surface area contributed by atoms with Gasteiger partial charge in [-0.2, -0.15) is 5.26 Å². The van der Waals surface area contributed by atoms with Gasteiger partial charge in [0, 0.05) is 44.7 Å². The van der Waals surface area contributed by atoms with Gasteiger partial charge in [-0.1, -0.05) is 12.1 Å². The Hall–Kier alpha value is -4.51. The Labute approximate surface area is 280 Å². The summed E-state index contributed by atoms with van der Waals surface area (Å²) in [6.45, 7) is 2.20. The predicted molar refractivity (Wildman–Crippen MR) is 176 cm³/mol. The summed E-state index contributed by atoms with van der Waals surface area (Å²) in [5.41, 5.74) is -0.606. The summed E-state index contributed by atoms with van der Waals surface area (Å²) >= 11 is 0. The molecule has 1 unspecified atom stereocenters. The van der Waals surface area contributed by atoms with Crippen molar-refractivity contribution in [3.05, 3.63) is 82.9 Å². The molecule has 3 aromatic rings. The highest BCUT2D eigenvalue weighted by molar-refractivity contribution is 7.93. The summed E-state index contributed by atoms with van der Waals surface area (Å²) in [6.07, 6.45) is 0.493. The molecule has 3 atom stereocenters. The number of anilines is 1. The van der Waals surface area contributed by atoms with Crippen molar-refractivity contribution in [1.29, 1.82) is 5.26 Å². The summed E-state index contributed by atoms with van der Waals surface area (Å²) in [5.74, 6) is -0.679. The van der Waals surface area contributed by atoms with Crippen LogP contribution < -0.4 is 13.8 Å². The number of benzene rings is 3. The number of hydrogen-bond donors (Lipinski definition) is 0. The summed E-state index contributed by atoms with van der Waals surface area (Å²) in [6, 6.07) is 16.2. The summed E-state index contributed by atoms with van der Waals surface area (Å²) in [7, 11) is 1.42. The van der Waals surface area contributed by atoms with Crippen LogP contribution in [-0.4, -0.2) is 95.1 Å². The monoisotopic (exact) mass is 675 g/mol. The number of sulfonamides is 1. The molecule has 48 heavy (non-hydrogen) atoms. The molecule has 0 aliphatic carbocycles. The lowest BCUT2D eigenvalue weighted by molar-refractivity contribution is -0.138. The van der Waals surface area contributed by atoms with E-state index < -0.39 is 39.6 Å². The third-order valence-corrected chi connectivity index (χ3v) is 11.2. The van der Waals surface area contributed by atoms with Crippen LogP contribution in [0.3, 0.4) is 0 Å². The number of amides is 2. The van der Waals surface area contributed by atoms with Crippen LogP contribution in [0.25, 0.3) is 0 Å². The second kappa shape index (κ2) is 12.8. The van der Waals surface area contributed by atoms with E-state index in [1.807, 2.05) is 12.1 Å². The van der Waals surface area contributed by atoms with Crippen molar-refractivity contribution in [2.75, 3.05) is 52.3 Å². The van der Waals surface area contributed by atoms with Crippen LogP contribution in [0, 0.1) is 11.3 Å². The molecule has 2 saturated heterocycles. The van der Waals surface area contributed by atoms with E-state index >= 15 is 9.18 Å². The normalized spacial score (nSPS) is 22.8. The van der Waals surface area contributed by atoms with Gasteiger partial charge >= 0.3 is 0 Å². The molecule has 0 N–H and O–H groups in total. The lowest BCUT2D eigenvalue weighted by atomic mass is 9.80. The zero-order valence-electron chi connectivity index (χ0n) is 27.3. The van der Waals surface area contributed by atoms with E-state index in [0.717, 1.165) is 31.5 Å². The smallest absolute Gasteiger partial charge is 0.271 e. The number of ether oxygens (including phenoxy) is 2. The maximum atomic E-state index is 15.6. The fourth-order valence-corrected chi connectivity index (χ4v) is 8.71. The van der Waals surface area contributed by atoms with Crippen LogP contribution >= 0.6 is 0 Å². The average Bonchev–Trinajstić information content (AvgIpc) is 3.80. The third-order valence-electron chi connectivity index (χ3n) is 9.49. The predicted octanol–water partition coefficient (Wildman–Crippen LogP) is 3.65. The molecule has 0 saturated carbocycles.